The van der Waals surface area contributed by atoms with E-state index >= 15 is 0 Å². The van der Waals surface area contributed by atoms with Crippen LogP contribution in [0.3, 0.4) is 0 Å². The average Bonchev–Trinajstić information content (AvgIpc) is 2.04. The number of rotatable bonds is 1. The summed E-state index contributed by atoms with van der Waals surface area (Å²) in [5.41, 5.74) is 6.44. The molecule has 1 rings (SSSR count). The first-order chi connectivity index (χ1) is 6.09. The minimum absolute atomic E-state index is 0.625. The van der Waals surface area contributed by atoms with E-state index in [2.05, 4.69) is 20.9 Å². The number of hydrogen-bond acceptors (Lipinski definition) is 1. The van der Waals surface area contributed by atoms with Gasteiger partial charge in [-0.2, -0.15) is 4.99 Å². The molecule has 1 aromatic carbocycles. The quantitative estimate of drug-likeness (QED) is 0.753. The molecular weight excluding hydrogens is 232 g/mol. The second kappa shape index (κ2) is 4.18. The molecule has 0 unspecified atom stereocenters. The number of urea groups is 1. The van der Waals surface area contributed by atoms with Gasteiger partial charge in [0, 0.05) is 4.47 Å². The van der Waals surface area contributed by atoms with E-state index in [1.54, 1.807) is 6.92 Å². The number of hydrogen-bond donors (Lipinski definition) is 1. The van der Waals surface area contributed by atoms with Crippen LogP contribution in [0.25, 0.3) is 0 Å². The number of nitrogens with two attached hydrogens (primary N) is 1. The van der Waals surface area contributed by atoms with E-state index in [0.717, 1.165) is 10.0 Å². The van der Waals surface area contributed by atoms with Crippen molar-refractivity contribution in [2.24, 2.45) is 10.7 Å². The van der Waals surface area contributed by atoms with Crippen molar-refractivity contribution >= 4 is 27.7 Å². The van der Waals surface area contributed by atoms with Crippen molar-refractivity contribution in [1.29, 1.82) is 0 Å². The molecule has 0 spiro atoms. The van der Waals surface area contributed by atoms with Crippen molar-refractivity contribution in [3.05, 3.63) is 34.3 Å². The Labute approximate surface area is 84.8 Å². The number of amides is 2. The average molecular weight is 241 g/mol. The predicted molar refractivity (Wildman–Crippen MR) is 55.9 cm³/mol. The molecule has 0 aliphatic heterocycles. The highest BCUT2D eigenvalue weighted by atomic mass is 79.9. The minimum Gasteiger partial charge on any atom is -0.350 e. The van der Waals surface area contributed by atoms with Gasteiger partial charge in [-0.3, -0.25) is 0 Å². The molecule has 0 radical (unpaired) electrons. The third-order valence-corrected chi connectivity index (χ3v) is 2.07. The first-order valence-electron chi connectivity index (χ1n) is 3.70. The van der Waals surface area contributed by atoms with E-state index in [4.69, 9.17) is 5.73 Å². The molecule has 0 bridgehead atoms. The largest absolute Gasteiger partial charge is 0.350 e. The summed E-state index contributed by atoms with van der Waals surface area (Å²) in [6.07, 6.45) is 0. The van der Waals surface area contributed by atoms with E-state index < -0.39 is 6.03 Å². The van der Waals surface area contributed by atoms with Crippen molar-refractivity contribution < 1.29 is 4.79 Å². The summed E-state index contributed by atoms with van der Waals surface area (Å²) in [5.74, 6) is 0. The van der Waals surface area contributed by atoms with Gasteiger partial charge < -0.3 is 5.73 Å². The summed E-state index contributed by atoms with van der Waals surface area (Å²) in [6.45, 7) is 1.74. The van der Waals surface area contributed by atoms with Crippen LogP contribution in [0.15, 0.2) is 33.7 Å². The molecule has 0 atom stereocenters. The van der Waals surface area contributed by atoms with E-state index in [1.165, 1.54) is 0 Å². The van der Waals surface area contributed by atoms with Crippen molar-refractivity contribution in [1.82, 2.24) is 0 Å². The summed E-state index contributed by atoms with van der Waals surface area (Å²) < 4.78 is 0.989. The molecule has 0 saturated heterocycles. The minimum atomic E-state index is -0.666. The Morgan fingerprint density at radius 2 is 1.92 bits per heavy atom. The standard InChI is InChI=1S/C9H9BrN2O/c1-6(12-9(11)13)7-2-4-8(10)5-3-7/h2-5H,1H3,(H2,11,13). The van der Waals surface area contributed by atoms with Gasteiger partial charge in [0.15, 0.2) is 0 Å². The summed E-state index contributed by atoms with van der Waals surface area (Å²) in [4.78, 5) is 14.1. The molecule has 0 aliphatic carbocycles. The zero-order chi connectivity index (χ0) is 9.84. The lowest BCUT2D eigenvalue weighted by Crippen LogP contribution is -2.08. The molecule has 0 heterocycles. The fourth-order valence-corrected chi connectivity index (χ4v) is 1.19. The highest BCUT2D eigenvalue weighted by molar-refractivity contribution is 9.10. The Morgan fingerprint density at radius 1 is 1.38 bits per heavy atom. The van der Waals surface area contributed by atoms with Crippen molar-refractivity contribution in [3.63, 3.8) is 0 Å². The number of carbonyl (C=O) groups excluding carboxylic acids is 1. The van der Waals surface area contributed by atoms with Gasteiger partial charge in [0.25, 0.3) is 0 Å². The number of aliphatic imine (C=N–C) groups is 1. The molecule has 2 N–H and O–H groups in total. The molecule has 0 aromatic heterocycles. The van der Waals surface area contributed by atoms with E-state index in [-0.39, 0.29) is 0 Å². The maximum atomic E-state index is 10.5. The smallest absolute Gasteiger partial charge is 0.338 e. The lowest BCUT2D eigenvalue weighted by atomic mass is 10.1. The maximum Gasteiger partial charge on any atom is 0.338 e. The molecule has 4 heteroatoms. The summed E-state index contributed by atoms with van der Waals surface area (Å²) in [7, 11) is 0. The first-order valence-corrected chi connectivity index (χ1v) is 4.49. The Morgan fingerprint density at radius 3 is 2.38 bits per heavy atom. The summed E-state index contributed by atoms with van der Waals surface area (Å²) >= 11 is 3.31. The molecule has 2 amide bonds. The highest BCUT2D eigenvalue weighted by Gasteiger charge is 1.97. The van der Waals surface area contributed by atoms with Crippen LogP contribution in [0, 0.1) is 0 Å². The highest BCUT2D eigenvalue weighted by Crippen LogP contribution is 2.11. The number of nitrogens with zero attached hydrogens (tertiary/aromatic N) is 1. The van der Waals surface area contributed by atoms with Crippen LogP contribution in [-0.2, 0) is 0 Å². The van der Waals surface area contributed by atoms with Crippen molar-refractivity contribution in [3.8, 4) is 0 Å². The molecule has 13 heavy (non-hydrogen) atoms. The van der Waals surface area contributed by atoms with Crippen LogP contribution in [0.1, 0.15) is 12.5 Å². The van der Waals surface area contributed by atoms with Crippen LogP contribution in [-0.4, -0.2) is 11.7 Å². The Hall–Kier alpha value is -1.16. The number of benzene rings is 1. The first kappa shape index (κ1) is 9.92. The van der Waals surface area contributed by atoms with Gasteiger partial charge in [-0.15, -0.1) is 0 Å². The van der Waals surface area contributed by atoms with Gasteiger partial charge in [0.2, 0.25) is 0 Å². The molecule has 0 aliphatic rings. The number of halogens is 1. The molecule has 68 valence electrons. The van der Waals surface area contributed by atoms with Gasteiger partial charge in [0.05, 0.1) is 5.71 Å². The van der Waals surface area contributed by atoms with Gasteiger partial charge >= 0.3 is 6.03 Å². The molecule has 3 nitrogen and oxygen atoms in total. The monoisotopic (exact) mass is 240 g/mol. The lowest BCUT2D eigenvalue weighted by Gasteiger charge is -1.98. The van der Waals surface area contributed by atoms with Crippen LogP contribution in [0.4, 0.5) is 4.79 Å². The summed E-state index contributed by atoms with van der Waals surface area (Å²) in [6, 6.07) is 6.84. The van der Waals surface area contributed by atoms with Crippen LogP contribution < -0.4 is 5.73 Å². The fourth-order valence-electron chi connectivity index (χ4n) is 0.921. The number of primary amides is 1. The molecule has 0 saturated carbocycles. The molecule has 0 fully saturated rings. The normalized spacial score (nSPS) is 11.4. The van der Waals surface area contributed by atoms with Gasteiger partial charge in [-0.05, 0) is 24.6 Å². The van der Waals surface area contributed by atoms with E-state index in [1.807, 2.05) is 24.3 Å². The lowest BCUT2D eigenvalue weighted by molar-refractivity contribution is 0.256. The molecule has 1 aromatic rings. The van der Waals surface area contributed by atoms with Gasteiger partial charge in [-0.1, -0.05) is 28.1 Å². The van der Waals surface area contributed by atoms with Gasteiger partial charge in [0.1, 0.15) is 0 Å². The van der Waals surface area contributed by atoms with Crippen molar-refractivity contribution in [2.45, 2.75) is 6.92 Å². The Kier molecular flexibility index (Phi) is 3.19. The fraction of sp³-hybridized carbons (Fsp3) is 0.111. The van der Waals surface area contributed by atoms with Gasteiger partial charge in [-0.25, -0.2) is 4.79 Å². The Balaban J connectivity index is 2.96. The third kappa shape index (κ3) is 2.99. The van der Waals surface area contributed by atoms with Crippen LogP contribution in [0.2, 0.25) is 0 Å². The summed E-state index contributed by atoms with van der Waals surface area (Å²) in [5, 5.41) is 0. The van der Waals surface area contributed by atoms with Crippen LogP contribution in [0.5, 0.6) is 0 Å². The maximum absolute atomic E-state index is 10.5. The zero-order valence-corrected chi connectivity index (χ0v) is 8.71. The Bertz CT molecular complexity index is 343. The topological polar surface area (TPSA) is 55.4 Å². The second-order valence-corrected chi connectivity index (χ2v) is 3.46. The third-order valence-electron chi connectivity index (χ3n) is 1.54. The van der Waals surface area contributed by atoms with Crippen LogP contribution >= 0.6 is 15.9 Å². The predicted octanol–water partition coefficient (Wildman–Crippen LogP) is 2.34. The molecular formula is C9H9BrN2O. The zero-order valence-electron chi connectivity index (χ0n) is 7.12. The van der Waals surface area contributed by atoms with E-state index in [0.29, 0.717) is 5.71 Å². The van der Waals surface area contributed by atoms with E-state index in [9.17, 15) is 4.79 Å². The SMILES string of the molecule is CC(=NC(N)=O)c1ccc(Br)cc1. The second-order valence-electron chi connectivity index (χ2n) is 2.54. The number of carbonyl (C=O) groups is 1. The van der Waals surface area contributed by atoms with Crippen molar-refractivity contribution in [2.75, 3.05) is 0 Å².